The van der Waals surface area contributed by atoms with Crippen LogP contribution in [0.5, 0.6) is 0 Å². The number of ether oxygens (including phenoxy) is 3. The van der Waals surface area contributed by atoms with Crippen molar-refractivity contribution in [3.63, 3.8) is 0 Å². The summed E-state index contributed by atoms with van der Waals surface area (Å²) in [6.07, 6.45) is 9.84. The summed E-state index contributed by atoms with van der Waals surface area (Å²) in [4.78, 5) is 0. The molecular formula is C25H41F3O3. The Balaban J connectivity index is 2.84. The van der Waals surface area contributed by atoms with Gasteiger partial charge in [0.05, 0.1) is 0 Å². The number of halogens is 3. The third-order valence-electron chi connectivity index (χ3n) is 5.50. The lowest BCUT2D eigenvalue weighted by Gasteiger charge is -2.39. The molecule has 0 fully saturated rings. The lowest BCUT2D eigenvalue weighted by molar-refractivity contribution is -0.403. The van der Waals surface area contributed by atoms with Gasteiger partial charge >= 0.3 is 0 Å². The van der Waals surface area contributed by atoms with Crippen molar-refractivity contribution in [1.82, 2.24) is 0 Å². The standard InChI is InChI=1S/C25H41F3O3/c1-5-9-10-11-12-13-16-21(25(29-6-2,30-7-3)31-8-4)17-14-15-20-18-22(26)24(28)23(27)19-20/h18-19,21H,5-17H2,1-4H3. The summed E-state index contributed by atoms with van der Waals surface area (Å²) in [5.41, 5.74) is 0.449. The van der Waals surface area contributed by atoms with Gasteiger partial charge in [0.25, 0.3) is 5.97 Å². The van der Waals surface area contributed by atoms with Crippen molar-refractivity contribution in [2.24, 2.45) is 5.92 Å². The van der Waals surface area contributed by atoms with E-state index in [0.29, 0.717) is 38.2 Å². The normalized spacial score (nSPS) is 13.0. The molecule has 0 saturated heterocycles. The van der Waals surface area contributed by atoms with Gasteiger partial charge in [0.2, 0.25) is 0 Å². The summed E-state index contributed by atoms with van der Waals surface area (Å²) >= 11 is 0. The fourth-order valence-corrected chi connectivity index (χ4v) is 4.06. The van der Waals surface area contributed by atoms with Crippen molar-refractivity contribution in [1.29, 1.82) is 0 Å². The highest BCUT2D eigenvalue weighted by Crippen LogP contribution is 2.34. The molecule has 0 aliphatic carbocycles. The van der Waals surface area contributed by atoms with E-state index >= 15 is 0 Å². The number of benzene rings is 1. The lowest BCUT2D eigenvalue weighted by Crippen LogP contribution is -2.46. The molecule has 0 aliphatic heterocycles. The molecule has 0 radical (unpaired) electrons. The van der Waals surface area contributed by atoms with Gasteiger partial charge < -0.3 is 14.2 Å². The molecule has 0 N–H and O–H groups in total. The molecular weight excluding hydrogens is 405 g/mol. The molecule has 0 spiro atoms. The van der Waals surface area contributed by atoms with Gasteiger partial charge in [0.15, 0.2) is 17.5 Å². The van der Waals surface area contributed by atoms with Crippen LogP contribution in [0.3, 0.4) is 0 Å². The fraction of sp³-hybridized carbons (Fsp3) is 0.760. The predicted octanol–water partition coefficient (Wildman–Crippen LogP) is 7.56. The van der Waals surface area contributed by atoms with Gasteiger partial charge in [-0.15, -0.1) is 0 Å². The summed E-state index contributed by atoms with van der Waals surface area (Å²) in [6.45, 7) is 9.33. The highest BCUT2D eigenvalue weighted by molar-refractivity contribution is 5.19. The highest BCUT2D eigenvalue weighted by Gasteiger charge is 2.41. The Bertz CT molecular complexity index is 570. The van der Waals surface area contributed by atoms with Crippen LogP contribution in [0.25, 0.3) is 0 Å². The number of hydrogen-bond donors (Lipinski definition) is 0. The van der Waals surface area contributed by atoms with Gasteiger partial charge in [-0.25, -0.2) is 13.2 Å². The first-order valence-corrected chi connectivity index (χ1v) is 12.0. The number of rotatable bonds is 18. The summed E-state index contributed by atoms with van der Waals surface area (Å²) in [7, 11) is 0. The van der Waals surface area contributed by atoms with Crippen molar-refractivity contribution in [2.75, 3.05) is 19.8 Å². The molecule has 6 heteroatoms. The smallest absolute Gasteiger partial charge is 0.285 e. The minimum absolute atomic E-state index is 0.00586. The first-order valence-electron chi connectivity index (χ1n) is 12.0. The monoisotopic (exact) mass is 446 g/mol. The Hall–Kier alpha value is -1.11. The highest BCUT2D eigenvalue weighted by atomic mass is 19.2. The molecule has 0 saturated carbocycles. The van der Waals surface area contributed by atoms with Crippen LogP contribution < -0.4 is 0 Å². The average molecular weight is 447 g/mol. The summed E-state index contributed by atoms with van der Waals surface area (Å²) < 4.78 is 58.3. The topological polar surface area (TPSA) is 27.7 Å². The van der Waals surface area contributed by atoms with E-state index < -0.39 is 23.4 Å². The van der Waals surface area contributed by atoms with Crippen molar-refractivity contribution >= 4 is 0 Å². The van der Waals surface area contributed by atoms with Crippen LogP contribution in [0, 0.1) is 23.4 Å². The molecule has 1 aromatic carbocycles. The van der Waals surface area contributed by atoms with E-state index in [4.69, 9.17) is 14.2 Å². The Kier molecular flexibility index (Phi) is 14.1. The molecule has 0 heterocycles. The van der Waals surface area contributed by atoms with Crippen molar-refractivity contribution in [2.45, 2.75) is 97.9 Å². The second-order valence-electron chi connectivity index (χ2n) is 7.92. The molecule has 0 aliphatic rings. The van der Waals surface area contributed by atoms with E-state index in [9.17, 15) is 13.2 Å². The Morgan fingerprint density at radius 3 is 1.71 bits per heavy atom. The van der Waals surface area contributed by atoms with Gasteiger partial charge in [-0.05, 0) is 64.2 Å². The Morgan fingerprint density at radius 2 is 1.19 bits per heavy atom. The molecule has 0 bridgehead atoms. The van der Waals surface area contributed by atoms with E-state index in [1.165, 1.54) is 25.7 Å². The molecule has 1 rings (SSSR count). The van der Waals surface area contributed by atoms with Gasteiger partial charge in [-0.2, -0.15) is 0 Å². The first kappa shape index (κ1) is 27.9. The zero-order valence-electron chi connectivity index (χ0n) is 19.8. The third kappa shape index (κ3) is 9.50. The molecule has 31 heavy (non-hydrogen) atoms. The second-order valence-corrected chi connectivity index (χ2v) is 7.92. The van der Waals surface area contributed by atoms with Crippen LogP contribution in [0.15, 0.2) is 12.1 Å². The molecule has 3 nitrogen and oxygen atoms in total. The molecule has 0 amide bonds. The largest absolute Gasteiger partial charge is 0.328 e. The average Bonchev–Trinajstić information content (AvgIpc) is 2.73. The predicted molar refractivity (Wildman–Crippen MR) is 118 cm³/mol. The quantitative estimate of drug-likeness (QED) is 0.132. The number of aryl methyl sites for hydroxylation is 1. The Morgan fingerprint density at radius 1 is 0.710 bits per heavy atom. The van der Waals surface area contributed by atoms with Crippen LogP contribution in [-0.2, 0) is 20.6 Å². The number of hydrogen-bond acceptors (Lipinski definition) is 3. The molecule has 1 aromatic rings. The van der Waals surface area contributed by atoms with Crippen molar-refractivity contribution < 1.29 is 27.4 Å². The lowest BCUT2D eigenvalue weighted by atomic mass is 9.91. The summed E-state index contributed by atoms with van der Waals surface area (Å²) in [5, 5.41) is 0. The van der Waals surface area contributed by atoms with Crippen LogP contribution in [0.4, 0.5) is 13.2 Å². The van der Waals surface area contributed by atoms with Crippen molar-refractivity contribution in [3.05, 3.63) is 35.1 Å². The van der Waals surface area contributed by atoms with E-state index in [1.807, 2.05) is 20.8 Å². The van der Waals surface area contributed by atoms with E-state index in [-0.39, 0.29) is 5.92 Å². The van der Waals surface area contributed by atoms with E-state index in [1.54, 1.807) is 0 Å². The van der Waals surface area contributed by atoms with Crippen molar-refractivity contribution in [3.8, 4) is 0 Å². The van der Waals surface area contributed by atoms with E-state index in [2.05, 4.69) is 6.92 Å². The zero-order valence-corrected chi connectivity index (χ0v) is 19.8. The van der Waals surface area contributed by atoms with Crippen LogP contribution in [0.2, 0.25) is 0 Å². The SMILES string of the molecule is CCCCCCCCC(CCCc1cc(F)c(F)c(F)c1)C(OCC)(OCC)OCC. The van der Waals surface area contributed by atoms with Crippen LogP contribution in [0.1, 0.15) is 91.0 Å². The second kappa shape index (κ2) is 15.7. The van der Waals surface area contributed by atoms with Gasteiger partial charge in [0.1, 0.15) is 0 Å². The fourth-order valence-electron chi connectivity index (χ4n) is 4.06. The third-order valence-corrected chi connectivity index (χ3v) is 5.50. The summed E-state index contributed by atoms with van der Waals surface area (Å²) in [6, 6.07) is 2.14. The maximum atomic E-state index is 13.5. The maximum absolute atomic E-state index is 13.5. The van der Waals surface area contributed by atoms with E-state index in [0.717, 1.165) is 37.8 Å². The van der Waals surface area contributed by atoms with Gasteiger partial charge in [-0.1, -0.05) is 45.4 Å². The summed E-state index contributed by atoms with van der Waals surface area (Å²) in [5.74, 6) is -4.83. The number of unbranched alkanes of at least 4 members (excludes halogenated alkanes) is 5. The molecule has 180 valence electrons. The van der Waals surface area contributed by atoms with Crippen LogP contribution in [-0.4, -0.2) is 25.8 Å². The zero-order chi connectivity index (χ0) is 23.1. The Labute approximate surface area is 186 Å². The maximum Gasteiger partial charge on any atom is 0.285 e. The van der Waals surface area contributed by atoms with Crippen LogP contribution >= 0.6 is 0 Å². The molecule has 1 unspecified atom stereocenters. The first-order chi connectivity index (χ1) is 14.9. The minimum Gasteiger partial charge on any atom is -0.328 e. The molecule has 1 atom stereocenters. The van der Waals surface area contributed by atoms with Gasteiger partial charge in [-0.3, -0.25) is 0 Å². The molecule has 0 aromatic heterocycles. The minimum atomic E-state index is -1.42. The van der Waals surface area contributed by atoms with Gasteiger partial charge in [0, 0.05) is 25.7 Å².